The molecule has 0 bridgehead atoms. The van der Waals surface area contributed by atoms with Crippen LogP contribution in [0.4, 0.5) is 5.69 Å². The number of benzene rings is 1. The maximum absolute atomic E-state index is 11.7. The summed E-state index contributed by atoms with van der Waals surface area (Å²) in [5, 5.41) is 16.5. The van der Waals surface area contributed by atoms with Gasteiger partial charge in [-0.25, -0.2) is 4.79 Å². The van der Waals surface area contributed by atoms with Gasteiger partial charge in [0.1, 0.15) is 11.3 Å². The Balaban J connectivity index is 2.66. The van der Waals surface area contributed by atoms with Gasteiger partial charge < -0.3 is 25.8 Å². The number of ether oxygens (including phenoxy) is 1. The van der Waals surface area contributed by atoms with Crippen LogP contribution in [-0.4, -0.2) is 48.5 Å². The lowest BCUT2D eigenvalue weighted by Crippen LogP contribution is -2.43. The fraction of sp³-hybridized carbons (Fsp3) is 0.333. The van der Waals surface area contributed by atoms with E-state index in [1.807, 2.05) is 0 Å². The highest BCUT2D eigenvalue weighted by molar-refractivity contribution is 6.39. The second kappa shape index (κ2) is 8.51. The second-order valence-electron chi connectivity index (χ2n) is 5.08. The third-order valence-electron chi connectivity index (χ3n) is 2.73. The van der Waals surface area contributed by atoms with Gasteiger partial charge in [-0.3, -0.25) is 14.4 Å². The number of amides is 3. The number of phenols is 1. The standard InChI is InChI=1S/C15H19N3O6/c1-8(2)17-12(20)7-16-13(21)14(22)18-9-4-5-11(19)10(6-9)15(23)24-3/h4-6,8,19H,7H2,1-3H3,(H,16,21)(H,17,20)(H,18,22). The largest absolute Gasteiger partial charge is 0.507 e. The van der Waals surface area contributed by atoms with Gasteiger partial charge in [-0.05, 0) is 32.0 Å². The molecule has 0 fully saturated rings. The summed E-state index contributed by atoms with van der Waals surface area (Å²) in [7, 11) is 1.14. The molecule has 0 aliphatic carbocycles. The maximum Gasteiger partial charge on any atom is 0.341 e. The van der Waals surface area contributed by atoms with Crippen molar-refractivity contribution in [1.29, 1.82) is 0 Å². The van der Waals surface area contributed by atoms with Gasteiger partial charge in [-0.1, -0.05) is 0 Å². The third-order valence-corrected chi connectivity index (χ3v) is 2.73. The zero-order valence-corrected chi connectivity index (χ0v) is 13.5. The summed E-state index contributed by atoms with van der Waals surface area (Å²) in [4.78, 5) is 46.2. The second-order valence-corrected chi connectivity index (χ2v) is 5.08. The van der Waals surface area contributed by atoms with Gasteiger partial charge in [0, 0.05) is 11.7 Å². The first-order valence-corrected chi connectivity index (χ1v) is 7.04. The number of anilines is 1. The molecule has 0 unspecified atom stereocenters. The Morgan fingerprint density at radius 3 is 2.42 bits per heavy atom. The molecule has 9 heteroatoms. The lowest BCUT2D eigenvalue weighted by atomic mass is 10.1. The molecule has 3 amide bonds. The van der Waals surface area contributed by atoms with Crippen LogP contribution < -0.4 is 16.0 Å². The van der Waals surface area contributed by atoms with Crippen molar-refractivity contribution in [2.45, 2.75) is 19.9 Å². The highest BCUT2D eigenvalue weighted by Crippen LogP contribution is 2.22. The predicted molar refractivity (Wildman–Crippen MR) is 84.4 cm³/mol. The van der Waals surface area contributed by atoms with Crippen LogP contribution in [0.5, 0.6) is 5.75 Å². The van der Waals surface area contributed by atoms with Gasteiger partial charge in [0.2, 0.25) is 5.91 Å². The molecule has 4 N–H and O–H groups in total. The van der Waals surface area contributed by atoms with Crippen LogP contribution in [0.1, 0.15) is 24.2 Å². The molecule has 0 radical (unpaired) electrons. The molecule has 130 valence electrons. The molecule has 0 aliphatic heterocycles. The van der Waals surface area contributed by atoms with Crippen molar-refractivity contribution < 1.29 is 29.0 Å². The number of rotatable bonds is 5. The summed E-state index contributed by atoms with van der Waals surface area (Å²) in [5.41, 5.74) is -0.0491. The number of methoxy groups -OCH3 is 1. The van der Waals surface area contributed by atoms with Crippen LogP contribution in [0, 0.1) is 0 Å². The predicted octanol–water partition coefficient (Wildman–Crippen LogP) is -0.242. The normalized spacial score (nSPS) is 10.0. The van der Waals surface area contributed by atoms with Crippen LogP contribution >= 0.6 is 0 Å². The molecule has 1 aromatic carbocycles. The van der Waals surface area contributed by atoms with Gasteiger partial charge in [0.05, 0.1) is 13.7 Å². The van der Waals surface area contributed by atoms with E-state index >= 15 is 0 Å². The highest BCUT2D eigenvalue weighted by Gasteiger charge is 2.17. The number of hydrogen-bond donors (Lipinski definition) is 4. The van der Waals surface area contributed by atoms with Crippen LogP contribution in [-0.2, 0) is 19.1 Å². The summed E-state index contributed by atoms with van der Waals surface area (Å²) in [5.74, 6) is -3.58. The smallest absolute Gasteiger partial charge is 0.341 e. The summed E-state index contributed by atoms with van der Waals surface area (Å²) in [6, 6.07) is 3.56. The molecule has 1 aromatic rings. The number of hydrogen-bond acceptors (Lipinski definition) is 6. The number of carbonyl (C=O) groups excluding carboxylic acids is 4. The molecule has 0 saturated heterocycles. The maximum atomic E-state index is 11.7. The van der Waals surface area contributed by atoms with Crippen LogP contribution in [0.15, 0.2) is 18.2 Å². The number of carbonyl (C=O) groups is 4. The fourth-order valence-electron chi connectivity index (χ4n) is 1.69. The minimum Gasteiger partial charge on any atom is -0.507 e. The summed E-state index contributed by atoms with van der Waals surface area (Å²) in [6.07, 6.45) is 0. The summed E-state index contributed by atoms with van der Waals surface area (Å²) >= 11 is 0. The summed E-state index contributed by atoms with van der Waals surface area (Å²) in [6.45, 7) is 3.18. The molecular formula is C15H19N3O6. The zero-order valence-electron chi connectivity index (χ0n) is 13.5. The molecule has 24 heavy (non-hydrogen) atoms. The van der Waals surface area contributed by atoms with E-state index in [4.69, 9.17) is 0 Å². The number of nitrogens with one attached hydrogen (secondary N) is 3. The lowest BCUT2D eigenvalue weighted by Gasteiger charge is -2.10. The van der Waals surface area contributed by atoms with Crippen LogP contribution in [0.2, 0.25) is 0 Å². The summed E-state index contributed by atoms with van der Waals surface area (Å²) < 4.78 is 4.49. The first kappa shape index (κ1) is 18.9. The molecule has 0 spiro atoms. The fourth-order valence-corrected chi connectivity index (χ4v) is 1.69. The van der Waals surface area contributed by atoms with Crippen molar-refractivity contribution in [3.05, 3.63) is 23.8 Å². The Morgan fingerprint density at radius 2 is 1.83 bits per heavy atom. The topological polar surface area (TPSA) is 134 Å². The molecular weight excluding hydrogens is 318 g/mol. The van der Waals surface area contributed by atoms with Gasteiger partial charge >= 0.3 is 17.8 Å². The van der Waals surface area contributed by atoms with Crippen molar-refractivity contribution in [3.63, 3.8) is 0 Å². The monoisotopic (exact) mass is 337 g/mol. The van der Waals surface area contributed by atoms with E-state index in [0.29, 0.717) is 0 Å². The van der Waals surface area contributed by atoms with E-state index in [9.17, 15) is 24.3 Å². The van der Waals surface area contributed by atoms with Crippen molar-refractivity contribution in [2.24, 2.45) is 0 Å². The van der Waals surface area contributed by atoms with Gasteiger partial charge in [0.15, 0.2) is 0 Å². The SMILES string of the molecule is COC(=O)c1cc(NC(=O)C(=O)NCC(=O)NC(C)C)ccc1O. The highest BCUT2D eigenvalue weighted by atomic mass is 16.5. The molecule has 0 saturated carbocycles. The minimum atomic E-state index is -1.02. The van der Waals surface area contributed by atoms with E-state index < -0.39 is 23.7 Å². The molecule has 9 nitrogen and oxygen atoms in total. The minimum absolute atomic E-state index is 0.0861. The molecule has 0 atom stereocenters. The van der Waals surface area contributed by atoms with Crippen molar-refractivity contribution in [2.75, 3.05) is 19.0 Å². The van der Waals surface area contributed by atoms with Crippen molar-refractivity contribution >= 4 is 29.4 Å². The molecule has 0 aromatic heterocycles. The van der Waals surface area contributed by atoms with E-state index in [2.05, 4.69) is 20.7 Å². The Bertz CT molecular complexity index is 657. The Kier molecular flexibility index (Phi) is 6.72. The van der Waals surface area contributed by atoms with E-state index in [1.54, 1.807) is 13.8 Å². The number of phenolic OH excluding ortho intramolecular Hbond substituents is 1. The van der Waals surface area contributed by atoms with Gasteiger partial charge in [-0.2, -0.15) is 0 Å². The first-order chi connectivity index (χ1) is 11.2. The van der Waals surface area contributed by atoms with Crippen LogP contribution in [0.3, 0.4) is 0 Å². The van der Waals surface area contributed by atoms with Crippen molar-refractivity contribution in [3.8, 4) is 5.75 Å². The van der Waals surface area contributed by atoms with Gasteiger partial charge in [-0.15, -0.1) is 0 Å². The van der Waals surface area contributed by atoms with E-state index in [0.717, 1.165) is 13.2 Å². The first-order valence-electron chi connectivity index (χ1n) is 7.04. The molecule has 1 rings (SSSR count). The zero-order chi connectivity index (χ0) is 18.3. The van der Waals surface area contributed by atoms with Crippen LogP contribution in [0.25, 0.3) is 0 Å². The average molecular weight is 337 g/mol. The lowest BCUT2D eigenvalue weighted by molar-refractivity contribution is -0.136. The van der Waals surface area contributed by atoms with E-state index in [1.165, 1.54) is 12.1 Å². The van der Waals surface area contributed by atoms with Crippen molar-refractivity contribution in [1.82, 2.24) is 10.6 Å². The number of aromatic hydroxyl groups is 1. The van der Waals surface area contributed by atoms with E-state index in [-0.39, 0.29) is 29.6 Å². The Labute approximate surface area is 138 Å². The third kappa shape index (κ3) is 5.59. The molecule has 0 heterocycles. The average Bonchev–Trinajstić information content (AvgIpc) is 2.52. The quantitative estimate of drug-likeness (QED) is 0.333. The molecule has 0 aliphatic rings. The Hall–Kier alpha value is -3.10. The van der Waals surface area contributed by atoms with Gasteiger partial charge in [0.25, 0.3) is 0 Å². The number of esters is 1. The Morgan fingerprint density at radius 1 is 1.17 bits per heavy atom.